The Morgan fingerprint density at radius 2 is 1.72 bits per heavy atom. The predicted octanol–water partition coefficient (Wildman–Crippen LogP) is 2.22. The second-order valence-electron chi connectivity index (χ2n) is 5.62. The molecule has 1 N–H and O–H groups in total. The van der Waals surface area contributed by atoms with Crippen LogP contribution >= 0.6 is 0 Å². The van der Waals surface area contributed by atoms with Crippen LogP contribution in [0, 0.1) is 0 Å². The van der Waals surface area contributed by atoms with Gasteiger partial charge in [-0.3, -0.25) is 4.79 Å². The van der Waals surface area contributed by atoms with Crippen molar-refractivity contribution in [3.05, 3.63) is 77.2 Å². The first kappa shape index (κ1) is 15.3. The molecule has 0 amide bonds. The molecular weight excluding hydrogens is 316 g/mol. The van der Waals surface area contributed by atoms with Gasteiger partial charge in [-0.1, -0.05) is 36.4 Å². The molecule has 0 fully saturated rings. The SMILES string of the molecule is O=c1ccc(-c2c(-c3ccccc3)nn3ccccc23)nn1CCO. The van der Waals surface area contributed by atoms with Gasteiger partial charge in [-0.05, 0) is 18.2 Å². The van der Waals surface area contributed by atoms with Gasteiger partial charge in [0.2, 0.25) is 0 Å². The van der Waals surface area contributed by atoms with Gasteiger partial charge in [0.15, 0.2) is 0 Å². The zero-order valence-corrected chi connectivity index (χ0v) is 13.4. The molecule has 6 heteroatoms. The van der Waals surface area contributed by atoms with E-state index in [0.717, 1.165) is 22.3 Å². The fourth-order valence-electron chi connectivity index (χ4n) is 2.89. The standard InChI is InChI=1S/C19H16N4O2/c24-13-12-23-17(25)10-9-15(20-23)18-16-8-4-5-11-22(16)21-19(18)14-6-2-1-3-7-14/h1-11,24H,12-13H2. The van der Waals surface area contributed by atoms with E-state index < -0.39 is 0 Å². The van der Waals surface area contributed by atoms with Crippen molar-refractivity contribution in [2.24, 2.45) is 0 Å². The quantitative estimate of drug-likeness (QED) is 0.622. The Labute approximate surface area is 143 Å². The number of aliphatic hydroxyl groups is 1. The van der Waals surface area contributed by atoms with E-state index in [2.05, 4.69) is 5.10 Å². The fourth-order valence-corrected chi connectivity index (χ4v) is 2.89. The number of rotatable bonds is 4. The molecule has 4 rings (SSSR count). The van der Waals surface area contributed by atoms with Gasteiger partial charge in [0.25, 0.3) is 5.56 Å². The molecule has 0 aliphatic heterocycles. The number of nitrogens with zero attached hydrogens (tertiary/aromatic N) is 4. The minimum absolute atomic E-state index is 0.142. The Morgan fingerprint density at radius 3 is 2.52 bits per heavy atom. The Morgan fingerprint density at radius 1 is 0.920 bits per heavy atom. The lowest BCUT2D eigenvalue weighted by Gasteiger charge is -2.06. The topological polar surface area (TPSA) is 72.4 Å². The first-order valence-electron chi connectivity index (χ1n) is 8.00. The molecule has 0 atom stereocenters. The summed E-state index contributed by atoms with van der Waals surface area (Å²) in [5.74, 6) is 0. The van der Waals surface area contributed by atoms with Crippen molar-refractivity contribution >= 4 is 5.52 Å². The van der Waals surface area contributed by atoms with Crippen LogP contribution in [0.3, 0.4) is 0 Å². The third kappa shape index (κ3) is 2.72. The molecule has 0 spiro atoms. The lowest BCUT2D eigenvalue weighted by Crippen LogP contribution is -2.23. The summed E-state index contributed by atoms with van der Waals surface area (Å²) in [6, 6.07) is 18.9. The van der Waals surface area contributed by atoms with E-state index >= 15 is 0 Å². The summed E-state index contributed by atoms with van der Waals surface area (Å²) >= 11 is 0. The van der Waals surface area contributed by atoms with Crippen molar-refractivity contribution in [1.29, 1.82) is 0 Å². The third-order valence-electron chi connectivity index (χ3n) is 4.02. The Hall–Kier alpha value is -3.25. The van der Waals surface area contributed by atoms with E-state index in [1.54, 1.807) is 10.6 Å². The van der Waals surface area contributed by atoms with Crippen molar-refractivity contribution in [3.8, 4) is 22.5 Å². The molecule has 0 radical (unpaired) electrons. The minimum atomic E-state index is -0.240. The molecule has 25 heavy (non-hydrogen) atoms. The van der Waals surface area contributed by atoms with E-state index in [-0.39, 0.29) is 18.7 Å². The van der Waals surface area contributed by atoms with Gasteiger partial charge in [-0.25, -0.2) is 9.20 Å². The number of aliphatic hydroxyl groups excluding tert-OH is 1. The summed E-state index contributed by atoms with van der Waals surface area (Å²) in [7, 11) is 0. The van der Waals surface area contributed by atoms with Gasteiger partial charge in [-0.15, -0.1) is 0 Å². The van der Waals surface area contributed by atoms with E-state index in [0.29, 0.717) is 5.69 Å². The Balaban J connectivity index is 2.01. The number of aromatic nitrogens is 4. The van der Waals surface area contributed by atoms with Gasteiger partial charge in [-0.2, -0.15) is 10.2 Å². The average Bonchev–Trinajstić information content (AvgIpc) is 3.04. The second-order valence-corrected chi connectivity index (χ2v) is 5.62. The van der Waals surface area contributed by atoms with Crippen LogP contribution in [0.1, 0.15) is 0 Å². The average molecular weight is 332 g/mol. The normalized spacial score (nSPS) is 11.1. The van der Waals surface area contributed by atoms with Crippen LogP contribution in [-0.4, -0.2) is 31.1 Å². The first-order chi connectivity index (χ1) is 12.3. The lowest BCUT2D eigenvalue weighted by atomic mass is 10.0. The highest BCUT2D eigenvalue weighted by Crippen LogP contribution is 2.33. The lowest BCUT2D eigenvalue weighted by molar-refractivity contribution is 0.266. The molecule has 0 aliphatic carbocycles. The zero-order valence-electron chi connectivity index (χ0n) is 13.4. The number of pyridine rings is 1. The monoisotopic (exact) mass is 332 g/mol. The number of hydrogen-bond acceptors (Lipinski definition) is 4. The highest BCUT2D eigenvalue weighted by Gasteiger charge is 2.17. The van der Waals surface area contributed by atoms with Gasteiger partial charge in [0.1, 0.15) is 5.69 Å². The largest absolute Gasteiger partial charge is 0.394 e. The number of fused-ring (bicyclic) bond motifs is 1. The molecule has 0 saturated heterocycles. The molecule has 3 heterocycles. The maximum absolute atomic E-state index is 11.9. The van der Waals surface area contributed by atoms with Crippen molar-refractivity contribution in [2.75, 3.05) is 6.61 Å². The van der Waals surface area contributed by atoms with Crippen LogP contribution in [0.25, 0.3) is 28.0 Å². The number of benzene rings is 1. The molecular formula is C19H16N4O2. The zero-order chi connectivity index (χ0) is 17.2. The van der Waals surface area contributed by atoms with Gasteiger partial charge >= 0.3 is 0 Å². The van der Waals surface area contributed by atoms with Crippen molar-refractivity contribution < 1.29 is 5.11 Å². The van der Waals surface area contributed by atoms with Crippen LogP contribution in [0.4, 0.5) is 0 Å². The van der Waals surface area contributed by atoms with Crippen LogP contribution in [-0.2, 0) is 6.54 Å². The molecule has 0 saturated carbocycles. The molecule has 1 aromatic carbocycles. The smallest absolute Gasteiger partial charge is 0.266 e. The van der Waals surface area contributed by atoms with Crippen LogP contribution in [0.2, 0.25) is 0 Å². The summed E-state index contributed by atoms with van der Waals surface area (Å²) in [5.41, 5.74) is 3.95. The third-order valence-corrected chi connectivity index (χ3v) is 4.02. The molecule has 0 unspecified atom stereocenters. The molecule has 6 nitrogen and oxygen atoms in total. The van der Waals surface area contributed by atoms with E-state index in [9.17, 15) is 4.79 Å². The fraction of sp³-hybridized carbons (Fsp3) is 0.105. The van der Waals surface area contributed by atoms with E-state index in [1.165, 1.54) is 10.7 Å². The highest BCUT2D eigenvalue weighted by molar-refractivity contribution is 5.90. The summed E-state index contributed by atoms with van der Waals surface area (Å²) in [5, 5.41) is 18.3. The van der Waals surface area contributed by atoms with E-state index in [1.807, 2.05) is 54.7 Å². The molecule has 0 bridgehead atoms. The molecule has 4 aromatic rings. The van der Waals surface area contributed by atoms with Crippen molar-refractivity contribution in [2.45, 2.75) is 6.54 Å². The molecule has 3 aromatic heterocycles. The maximum atomic E-state index is 11.9. The van der Waals surface area contributed by atoms with Crippen molar-refractivity contribution in [3.63, 3.8) is 0 Å². The van der Waals surface area contributed by atoms with E-state index in [4.69, 9.17) is 10.2 Å². The maximum Gasteiger partial charge on any atom is 0.266 e. The Kier molecular flexibility index (Phi) is 3.87. The summed E-state index contributed by atoms with van der Waals surface area (Å²) in [6.07, 6.45) is 1.88. The van der Waals surface area contributed by atoms with Gasteiger partial charge < -0.3 is 5.11 Å². The van der Waals surface area contributed by atoms with Gasteiger partial charge in [0, 0.05) is 17.8 Å². The predicted molar refractivity (Wildman–Crippen MR) is 95.2 cm³/mol. The Bertz CT molecular complexity index is 1080. The molecule has 124 valence electrons. The highest BCUT2D eigenvalue weighted by atomic mass is 16.3. The second kappa shape index (κ2) is 6.33. The summed E-state index contributed by atoms with van der Waals surface area (Å²) in [6.45, 7) is 0.0171. The summed E-state index contributed by atoms with van der Waals surface area (Å²) < 4.78 is 3.08. The number of hydrogen-bond donors (Lipinski definition) is 1. The van der Waals surface area contributed by atoms with Crippen LogP contribution in [0.5, 0.6) is 0 Å². The van der Waals surface area contributed by atoms with Gasteiger partial charge in [0.05, 0.1) is 29.9 Å². The molecule has 0 aliphatic rings. The first-order valence-corrected chi connectivity index (χ1v) is 8.00. The van der Waals surface area contributed by atoms with Crippen molar-refractivity contribution in [1.82, 2.24) is 19.4 Å². The van der Waals surface area contributed by atoms with Crippen LogP contribution < -0.4 is 5.56 Å². The summed E-state index contributed by atoms with van der Waals surface area (Å²) in [4.78, 5) is 11.9. The minimum Gasteiger partial charge on any atom is -0.394 e. The van der Waals surface area contributed by atoms with Crippen LogP contribution in [0.15, 0.2) is 71.7 Å².